The second kappa shape index (κ2) is 7.70. The highest BCUT2D eigenvalue weighted by atomic mass is 16.6. The summed E-state index contributed by atoms with van der Waals surface area (Å²) in [6, 6.07) is 16.0. The Morgan fingerprint density at radius 2 is 1.40 bits per heavy atom. The van der Waals surface area contributed by atoms with Gasteiger partial charge in [0.05, 0.1) is 7.11 Å². The average molecular weight is 340 g/mol. The molecule has 0 N–H and O–H groups in total. The molecular formula is C19H20N2O4. The molecule has 0 unspecified atom stereocenters. The third-order valence-corrected chi connectivity index (χ3v) is 4.11. The lowest BCUT2D eigenvalue weighted by molar-refractivity contribution is 0.0633. The van der Waals surface area contributed by atoms with Crippen LogP contribution >= 0.6 is 0 Å². The molecule has 130 valence electrons. The number of rotatable bonds is 3. The van der Waals surface area contributed by atoms with Crippen molar-refractivity contribution >= 4 is 12.0 Å². The number of benzene rings is 2. The van der Waals surface area contributed by atoms with Crippen molar-refractivity contribution in [3.05, 3.63) is 60.2 Å². The van der Waals surface area contributed by atoms with E-state index in [4.69, 9.17) is 9.47 Å². The van der Waals surface area contributed by atoms with Crippen LogP contribution in [0.4, 0.5) is 4.79 Å². The topological polar surface area (TPSA) is 59.1 Å². The lowest BCUT2D eigenvalue weighted by atomic mass is 10.1. The zero-order valence-electron chi connectivity index (χ0n) is 14.1. The molecule has 0 atom stereocenters. The number of carbonyl (C=O) groups excluding carboxylic acids is 2. The number of hydrogen-bond donors (Lipinski definition) is 0. The van der Waals surface area contributed by atoms with Gasteiger partial charge in [0.25, 0.3) is 5.91 Å². The van der Waals surface area contributed by atoms with E-state index in [0.29, 0.717) is 43.2 Å². The Morgan fingerprint density at radius 3 is 2.00 bits per heavy atom. The van der Waals surface area contributed by atoms with Crippen LogP contribution in [-0.4, -0.2) is 55.1 Å². The summed E-state index contributed by atoms with van der Waals surface area (Å²) in [5.41, 5.74) is 0.612. The lowest BCUT2D eigenvalue weighted by Gasteiger charge is -2.34. The zero-order chi connectivity index (χ0) is 17.6. The molecule has 3 rings (SSSR count). The van der Waals surface area contributed by atoms with E-state index in [1.165, 1.54) is 0 Å². The second-order valence-corrected chi connectivity index (χ2v) is 5.69. The van der Waals surface area contributed by atoms with Crippen LogP contribution in [0.25, 0.3) is 0 Å². The molecule has 1 aliphatic rings. The minimum absolute atomic E-state index is 0.0428. The first-order valence-corrected chi connectivity index (χ1v) is 8.12. The molecule has 0 saturated carbocycles. The largest absolute Gasteiger partial charge is 0.497 e. The normalized spacial score (nSPS) is 14.1. The maximum absolute atomic E-state index is 12.5. The summed E-state index contributed by atoms with van der Waals surface area (Å²) in [4.78, 5) is 28.0. The summed E-state index contributed by atoms with van der Waals surface area (Å²) in [6.45, 7) is 1.87. The van der Waals surface area contributed by atoms with Crippen LogP contribution in [0.1, 0.15) is 10.4 Å². The van der Waals surface area contributed by atoms with Gasteiger partial charge in [0.1, 0.15) is 11.5 Å². The van der Waals surface area contributed by atoms with Crippen LogP contribution in [0.2, 0.25) is 0 Å². The van der Waals surface area contributed by atoms with Crippen molar-refractivity contribution < 1.29 is 19.1 Å². The molecule has 0 spiro atoms. The number of piperazine rings is 1. The summed E-state index contributed by atoms with van der Waals surface area (Å²) < 4.78 is 10.4. The molecule has 2 aromatic carbocycles. The van der Waals surface area contributed by atoms with Crippen molar-refractivity contribution in [1.82, 2.24) is 9.80 Å². The van der Waals surface area contributed by atoms with Gasteiger partial charge < -0.3 is 19.3 Å². The molecule has 1 aliphatic heterocycles. The quantitative estimate of drug-likeness (QED) is 0.862. The van der Waals surface area contributed by atoms with Crippen LogP contribution in [0, 0.1) is 0 Å². The predicted molar refractivity (Wildman–Crippen MR) is 92.9 cm³/mol. The van der Waals surface area contributed by atoms with Crippen molar-refractivity contribution in [2.45, 2.75) is 0 Å². The predicted octanol–water partition coefficient (Wildman–Crippen LogP) is 2.65. The van der Waals surface area contributed by atoms with Gasteiger partial charge >= 0.3 is 6.09 Å². The minimum atomic E-state index is -0.386. The van der Waals surface area contributed by atoms with E-state index in [9.17, 15) is 9.59 Å². The van der Waals surface area contributed by atoms with Gasteiger partial charge in [-0.2, -0.15) is 0 Å². The van der Waals surface area contributed by atoms with E-state index in [0.717, 1.165) is 0 Å². The Hall–Kier alpha value is -3.02. The van der Waals surface area contributed by atoms with Crippen LogP contribution in [0.5, 0.6) is 11.5 Å². The van der Waals surface area contributed by atoms with Crippen molar-refractivity contribution in [2.75, 3.05) is 33.3 Å². The van der Waals surface area contributed by atoms with Gasteiger partial charge in [0.2, 0.25) is 0 Å². The lowest BCUT2D eigenvalue weighted by Crippen LogP contribution is -2.51. The molecule has 2 amide bonds. The van der Waals surface area contributed by atoms with E-state index >= 15 is 0 Å². The maximum atomic E-state index is 12.5. The number of hydrogen-bond acceptors (Lipinski definition) is 4. The summed E-state index contributed by atoms with van der Waals surface area (Å²) in [7, 11) is 1.59. The van der Waals surface area contributed by atoms with Gasteiger partial charge in [-0.05, 0) is 36.4 Å². The Labute approximate surface area is 146 Å². The monoisotopic (exact) mass is 340 g/mol. The molecule has 25 heavy (non-hydrogen) atoms. The first kappa shape index (κ1) is 16.8. The first-order valence-electron chi connectivity index (χ1n) is 8.12. The second-order valence-electron chi connectivity index (χ2n) is 5.69. The molecule has 1 heterocycles. The van der Waals surface area contributed by atoms with E-state index in [-0.39, 0.29) is 12.0 Å². The van der Waals surface area contributed by atoms with Crippen molar-refractivity contribution in [3.8, 4) is 11.5 Å². The number of nitrogens with zero attached hydrogens (tertiary/aromatic N) is 2. The molecule has 0 aliphatic carbocycles. The molecular weight excluding hydrogens is 320 g/mol. The molecule has 6 heteroatoms. The number of ether oxygens (including phenoxy) is 2. The molecule has 0 bridgehead atoms. The molecule has 6 nitrogen and oxygen atoms in total. The molecule has 2 aromatic rings. The fraction of sp³-hybridized carbons (Fsp3) is 0.263. The highest BCUT2D eigenvalue weighted by Crippen LogP contribution is 2.15. The van der Waals surface area contributed by atoms with Crippen molar-refractivity contribution in [2.24, 2.45) is 0 Å². The molecule has 0 radical (unpaired) electrons. The molecule has 1 fully saturated rings. The summed E-state index contributed by atoms with van der Waals surface area (Å²) in [6.07, 6.45) is -0.386. The highest BCUT2D eigenvalue weighted by molar-refractivity contribution is 5.94. The third kappa shape index (κ3) is 4.09. The summed E-state index contributed by atoms with van der Waals surface area (Å²) >= 11 is 0. The maximum Gasteiger partial charge on any atom is 0.415 e. The van der Waals surface area contributed by atoms with Crippen LogP contribution in [-0.2, 0) is 0 Å². The van der Waals surface area contributed by atoms with Gasteiger partial charge in [-0.1, -0.05) is 18.2 Å². The van der Waals surface area contributed by atoms with Crippen LogP contribution in [0.3, 0.4) is 0 Å². The number of carbonyl (C=O) groups is 2. The number of methoxy groups -OCH3 is 1. The first-order chi connectivity index (χ1) is 12.2. The van der Waals surface area contributed by atoms with E-state index < -0.39 is 0 Å². The third-order valence-electron chi connectivity index (χ3n) is 4.11. The van der Waals surface area contributed by atoms with Gasteiger partial charge in [-0.15, -0.1) is 0 Å². The summed E-state index contributed by atoms with van der Waals surface area (Å²) in [5, 5.41) is 0. The van der Waals surface area contributed by atoms with E-state index in [2.05, 4.69) is 0 Å². The number of para-hydroxylation sites is 1. The van der Waals surface area contributed by atoms with E-state index in [1.807, 2.05) is 18.2 Å². The fourth-order valence-electron chi connectivity index (χ4n) is 2.66. The number of amides is 2. The Balaban J connectivity index is 1.54. The van der Waals surface area contributed by atoms with Gasteiger partial charge in [0, 0.05) is 31.7 Å². The van der Waals surface area contributed by atoms with Gasteiger partial charge in [0.15, 0.2) is 0 Å². The molecule has 1 saturated heterocycles. The average Bonchev–Trinajstić information content (AvgIpc) is 2.68. The van der Waals surface area contributed by atoms with Crippen LogP contribution in [0.15, 0.2) is 54.6 Å². The van der Waals surface area contributed by atoms with E-state index in [1.54, 1.807) is 53.3 Å². The zero-order valence-corrected chi connectivity index (χ0v) is 14.1. The minimum Gasteiger partial charge on any atom is -0.497 e. The SMILES string of the molecule is COc1ccc(C(=O)N2CCN(C(=O)Oc3ccccc3)CC2)cc1. The molecule has 0 aromatic heterocycles. The standard InChI is InChI=1S/C19H20N2O4/c1-24-16-9-7-15(8-10-16)18(22)20-11-13-21(14-12-20)19(23)25-17-5-3-2-4-6-17/h2-10H,11-14H2,1H3. The summed E-state index contributed by atoms with van der Waals surface area (Å²) in [5.74, 6) is 1.19. The Morgan fingerprint density at radius 1 is 0.800 bits per heavy atom. The van der Waals surface area contributed by atoms with Crippen LogP contribution < -0.4 is 9.47 Å². The van der Waals surface area contributed by atoms with Gasteiger partial charge in [-0.25, -0.2) is 4.79 Å². The smallest absolute Gasteiger partial charge is 0.415 e. The fourth-order valence-corrected chi connectivity index (χ4v) is 2.66. The Bertz CT molecular complexity index is 723. The Kier molecular flexibility index (Phi) is 5.18. The van der Waals surface area contributed by atoms with Crippen molar-refractivity contribution in [3.63, 3.8) is 0 Å². The van der Waals surface area contributed by atoms with Crippen molar-refractivity contribution in [1.29, 1.82) is 0 Å². The highest BCUT2D eigenvalue weighted by Gasteiger charge is 2.25. The van der Waals surface area contributed by atoms with Gasteiger partial charge in [-0.3, -0.25) is 4.79 Å².